The lowest BCUT2D eigenvalue weighted by Gasteiger charge is -2.05. The molecule has 0 spiro atoms. The molecule has 0 aromatic carbocycles. The molecule has 2 aromatic heterocycles. The third kappa shape index (κ3) is 3.33. The summed E-state index contributed by atoms with van der Waals surface area (Å²) in [4.78, 5) is 12.0. The fourth-order valence-corrected chi connectivity index (χ4v) is 2.71. The molecule has 2 rings (SSSR count). The molecular weight excluding hydrogens is 272 g/mol. The Hall–Kier alpha value is -1.34. The number of hydrogen-bond donors (Lipinski definition) is 0. The molecule has 2 aromatic rings. The Labute approximate surface area is 113 Å². The van der Waals surface area contributed by atoms with Gasteiger partial charge in [-0.3, -0.25) is 4.79 Å². The van der Waals surface area contributed by atoms with Gasteiger partial charge in [0.05, 0.1) is 18.4 Å². The highest BCUT2D eigenvalue weighted by Gasteiger charge is 2.15. The quantitative estimate of drug-likeness (QED) is 0.621. The van der Waals surface area contributed by atoms with Gasteiger partial charge in [0.1, 0.15) is 0 Å². The minimum Gasteiger partial charge on any atom is -0.469 e. The molecule has 96 valence electrons. The third-order valence-electron chi connectivity index (χ3n) is 2.12. The Morgan fingerprint density at radius 1 is 1.61 bits per heavy atom. The van der Waals surface area contributed by atoms with Gasteiger partial charge >= 0.3 is 5.97 Å². The monoisotopic (exact) mass is 284 g/mol. The first-order valence-electron chi connectivity index (χ1n) is 5.30. The van der Waals surface area contributed by atoms with Crippen LogP contribution in [-0.2, 0) is 9.53 Å². The van der Waals surface area contributed by atoms with Crippen LogP contribution < -0.4 is 0 Å². The van der Waals surface area contributed by atoms with Crippen LogP contribution in [0, 0.1) is 0 Å². The first-order chi connectivity index (χ1) is 8.69. The SMILES string of the molecule is COC(=O)CC(C)Sc1nnc(-c2cccs2)o1. The molecule has 5 nitrogen and oxygen atoms in total. The summed E-state index contributed by atoms with van der Waals surface area (Å²) in [5.41, 5.74) is 0. The Morgan fingerprint density at radius 3 is 3.11 bits per heavy atom. The van der Waals surface area contributed by atoms with E-state index in [0.29, 0.717) is 17.5 Å². The van der Waals surface area contributed by atoms with Crippen LogP contribution in [0.5, 0.6) is 0 Å². The van der Waals surface area contributed by atoms with E-state index >= 15 is 0 Å². The lowest BCUT2D eigenvalue weighted by atomic mass is 10.3. The van der Waals surface area contributed by atoms with Gasteiger partial charge in [-0.05, 0) is 11.4 Å². The molecule has 1 unspecified atom stereocenters. The van der Waals surface area contributed by atoms with Gasteiger partial charge in [0.15, 0.2) is 0 Å². The highest BCUT2D eigenvalue weighted by Crippen LogP contribution is 2.29. The number of methoxy groups -OCH3 is 1. The van der Waals surface area contributed by atoms with Crippen molar-refractivity contribution in [1.29, 1.82) is 0 Å². The Morgan fingerprint density at radius 2 is 2.44 bits per heavy atom. The average molecular weight is 284 g/mol. The number of thioether (sulfide) groups is 1. The first-order valence-corrected chi connectivity index (χ1v) is 7.06. The van der Waals surface area contributed by atoms with E-state index in [9.17, 15) is 4.79 Å². The minimum atomic E-state index is -0.243. The van der Waals surface area contributed by atoms with Crippen molar-refractivity contribution in [3.05, 3.63) is 17.5 Å². The zero-order valence-corrected chi connectivity index (χ0v) is 11.6. The molecule has 0 N–H and O–H groups in total. The Bertz CT molecular complexity index is 510. The molecule has 1 atom stereocenters. The standard InChI is InChI=1S/C11H12N2O3S2/c1-7(6-9(14)15-2)18-11-13-12-10(16-11)8-4-3-5-17-8/h3-5,7H,6H2,1-2H3. The summed E-state index contributed by atoms with van der Waals surface area (Å²) >= 11 is 2.91. The summed E-state index contributed by atoms with van der Waals surface area (Å²) in [7, 11) is 1.38. The minimum absolute atomic E-state index is 0.0362. The van der Waals surface area contributed by atoms with E-state index in [2.05, 4.69) is 14.9 Å². The molecular formula is C11H12N2O3S2. The zero-order valence-electron chi connectivity index (χ0n) is 9.95. The van der Waals surface area contributed by atoms with Crippen molar-refractivity contribution in [1.82, 2.24) is 10.2 Å². The molecule has 7 heteroatoms. The van der Waals surface area contributed by atoms with Gasteiger partial charge in [0, 0.05) is 5.25 Å². The fraction of sp³-hybridized carbons (Fsp3) is 0.364. The van der Waals surface area contributed by atoms with Gasteiger partial charge < -0.3 is 9.15 Å². The fourth-order valence-electron chi connectivity index (χ4n) is 1.29. The van der Waals surface area contributed by atoms with Crippen molar-refractivity contribution >= 4 is 29.1 Å². The number of ether oxygens (including phenoxy) is 1. The van der Waals surface area contributed by atoms with Crippen LogP contribution in [0.2, 0.25) is 0 Å². The number of carbonyl (C=O) groups is 1. The van der Waals surface area contributed by atoms with Crippen molar-refractivity contribution in [2.24, 2.45) is 0 Å². The van der Waals surface area contributed by atoms with Crippen LogP contribution in [0.1, 0.15) is 13.3 Å². The molecule has 18 heavy (non-hydrogen) atoms. The van der Waals surface area contributed by atoms with Gasteiger partial charge in [0.2, 0.25) is 0 Å². The second kappa shape index (κ2) is 6.01. The van der Waals surface area contributed by atoms with Gasteiger partial charge in [-0.15, -0.1) is 21.5 Å². The number of carbonyl (C=O) groups excluding carboxylic acids is 1. The first kappa shape index (κ1) is 13.1. The Kier molecular flexibility index (Phi) is 4.38. The van der Waals surface area contributed by atoms with E-state index in [4.69, 9.17) is 4.42 Å². The van der Waals surface area contributed by atoms with Crippen molar-refractivity contribution in [2.75, 3.05) is 7.11 Å². The van der Waals surface area contributed by atoms with Crippen LogP contribution in [0.15, 0.2) is 27.2 Å². The van der Waals surface area contributed by atoms with Crippen LogP contribution in [0.3, 0.4) is 0 Å². The molecule has 0 saturated heterocycles. The molecule has 0 amide bonds. The summed E-state index contributed by atoms with van der Waals surface area (Å²) in [5, 5.41) is 10.4. The van der Waals surface area contributed by atoms with Gasteiger partial charge in [-0.25, -0.2) is 0 Å². The largest absolute Gasteiger partial charge is 0.469 e. The summed E-state index contributed by atoms with van der Waals surface area (Å²) in [6.45, 7) is 1.91. The molecule has 0 bridgehead atoms. The molecule has 2 heterocycles. The van der Waals surface area contributed by atoms with Crippen LogP contribution >= 0.6 is 23.1 Å². The number of hydrogen-bond acceptors (Lipinski definition) is 7. The lowest BCUT2D eigenvalue weighted by Crippen LogP contribution is -2.08. The normalized spacial score (nSPS) is 12.3. The summed E-state index contributed by atoms with van der Waals surface area (Å²) < 4.78 is 10.1. The maximum Gasteiger partial charge on any atom is 0.306 e. The number of nitrogens with zero attached hydrogens (tertiary/aromatic N) is 2. The highest BCUT2D eigenvalue weighted by molar-refractivity contribution is 7.99. The second-order valence-corrected chi connectivity index (χ2v) is 5.90. The maximum atomic E-state index is 11.1. The van der Waals surface area contributed by atoms with Gasteiger partial charge in [-0.1, -0.05) is 24.8 Å². The molecule has 0 radical (unpaired) electrons. The van der Waals surface area contributed by atoms with Crippen molar-refractivity contribution < 1.29 is 13.9 Å². The maximum absolute atomic E-state index is 11.1. The number of thiophene rings is 1. The highest BCUT2D eigenvalue weighted by atomic mass is 32.2. The molecule has 0 saturated carbocycles. The third-order valence-corrected chi connectivity index (χ3v) is 3.92. The topological polar surface area (TPSA) is 65.2 Å². The van der Waals surface area contributed by atoms with E-state index in [1.807, 2.05) is 24.4 Å². The molecule has 0 fully saturated rings. The van der Waals surface area contributed by atoms with Crippen LogP contribution in [0.25, 0.3) is 10.8 Å². The Balaban J connectivity index is 1.96. The van der Waals surface area contributed by atoms with E-state index in [0.717, 1.165) is 4.88 Å². The van der Waals surface area contributed by atoms with E-state index in [1.54, 1.807) is 11.3 Å². The molecule has 0 aliphatic heterocycles. The number of rotatable bonds is 5. The van der Waals surface area contributed by atoms with E-state index in [1.165, 1.54) is 18.9 Å². The van der Waals surface area contributed by atoms with Crippen molar-refractivity contribution in [3.63, 3.8) is 0 Å². The average Bonchev–Trinajstić information content (AvgIpc) is 2.98. The number of esters is 1. The number of aromatic nitrogens is 2. The summed E-state index contributed by atoms with van der Waals surface area (Å²) in [6.07, 6.45) is 0.317. The zero-order chi connectivity index (χ0) is 13.0. The summed E-state index contributed by atoms with van der Waals surface area (Å²) in [6, 6.07) is 3.85. The predicted octanol–water partition coefficient (Wildman–Crippen LogP) is 2.84. The van der Waals surface area contributed by atoms with E-state index < -0.39 is 0 Å². The van der Waals surface area contributed by atoms with Crippen LogP contribution in [-0.4, -0.2) is 28.5 Å². The second-order valence-electron chi connectivity index (χ2n) is 3.56. The van der Waals surface area contributed by atoms with Crippen LogP contribution in [0.4, 0.5) is 0 Å². The van der Waals surface area contributed by atoms with E-state index in [-0.39, 0.29) is 11.2 Å². The van der Waals surface area contributed by atoms with Gasteiger partial charge in [-0.2, -0.15) is 0 Å². The van der Waals surface area contributed by atoms with Crippen molar-refractivity contribution in [3.8, 4) is 10.8 Å². The molecule has 0 aliphatic carbocycles. The molecule has 0 aliphatic rings. The summed E-state index contributed by atoms with van der Waals surface area (Å²) in [5.74, 6) is 0.269. The lowest BCUT2D eigenvalue weighted by molar-refractivity contribution is -0.140. The predicted molar refractivity (Wildman–Crippen MR) is 69.6 cm³/mol. The smallest absolute Gasteiger partial charge is 0.306 e. The van der Waals surface area contributed by atoms with Crippen molar-refractivity contribution in [2.45, 2.75) is 23.8 Å². The van der Waals surface area contributed by atoms with Gasteiger partial charge in [0.25, 0.3) is 11.1 Å².